The van der Waals surface area contributed by atoms with Crippen molar-refractivity contribution in [3.05, 3.63) is 83.5 Å². The number of rotatable bonds is 0. The molecule has 0 radical (unpaired) electrons. The minimum atomic E-state index is -0.741. The van der Waals surface area contributed by atoms with Crippen molar-refractivity contribution in [3.63, 3.8) is 0 Å². The summed E-state index contributed by atoms with van der Waals surface area (Å²) < 4.78 is 0. The number of hydrogen-bond donors (Lipinski definition) is 3. The van der Waals surface area contributed by atoms with Crippen molar-refractivity contribution in [2.45, 2.75) is 0 Å². The normalized spacial score (nSPS) is 20.2. The summed E-state index contributed by atoms with van der Waals surface area (Å²) >= 11 is 0. The Labute approximate surface area is 218 Å². The molecule has 0 aliphatic carbocycles. The number of para-hydroxylation sites is 4. The van der Waals surface area contributed by atoms with E-state index in [2.05, 4.69) is 25.6 Å². The van der Waals surface area contributed by atoms with E-state index in [0.29, 0.717) is 33.5 Å². The summed E-state index contributed by atoms with van der Waals surface area (Å²) in [6, 6.07) is 21.2. The van der Waals surface area contributed by atoms with Gasteiger partial charge < -0.3 is 15.6 Å². The van der Waals surface area contributed by atoms with Gasteiger partial charge in [-0.1, -0.05) is 48.5 Å². The van der Waals surface area contributed by atoms with Crippen LogP contribution in [0, 0.1) is 0 Å². The third-order valence-corrected chi connectivity index (χ3v) is 7.10. The van der Waals surface area contributed by atoms with Gasteiger partial charge in [0.2, 0.25) is 11.9 Å². The SMILES string of the molecule is O=C1N=C2Nc3ccccc3N2C(=O)C1=c1[nH]c(=C2C(=O)N=C3Nc4ccccc4N3C2=O)c2ccccc12. The van der Waals surface area contributed by atoms with Crippen LogP contribution in [0.5, 0.6) is 0 Å². The highest BCUT2D eigenvalue weighted by Gasteiger charge is 2.42. The summed E-state index contributed by atoms with van der Waals surface area (Å²) in [4.78, 5) is 68.0. The number of guanidine groups is 2. The van der Waals surface area contributed by atoms with E-state index in [-0.39, 0.29) is 33.8 Å². The molecule has 4 amide bonds. The Hall–Kier alpha value is -5.84. The van der Waals surface area contributed by atoms with Crippen LogP contribution < -0.4 is 31.1 Å². The van der Waals surface area contributed by atoms with Crippen LogP contribution in [0.4, 0.5) is 22.7 Å². The Morgan fingerprint density at radius 2 is 0.949 bits per heavy atom. The fraction of sp³-hybridized carbons (Fsp3) is 0. The Morgan fingerprint density at radius 3 is 1.41 bits per heavy atom. The summed E-state index contributed by atoms with van der Waals surface area (Å²) in [6.07, 6.45) is 0. The number of benzene rings is 3. The van der Waals surface area contributed by atoms with Gasteiger partial charge in [-0.05, 0) is 24.3 Å². The predicted octanol–water partition coefficient (Wildman–Crippen LogP) is 1.18. The number of anilines is 4. The van der Waals surface area contributed by atoms with Crippen LogP contribution in [0.1, 0.15) is 0 Å². The van der Waals surface area contributed by atoms with Gasteiger partial charge in [0.15, 0.2) is 0 Å². The first-order valence-electron chi connectivity index (χ1n) is 12.0. The van der Waals surface area contributed by atoms with Gasteiger partial charge in [-0.3, -0.25) is 19.2 Å². The molecule has 1 aromatic heterocycles. The number of carbonyl (C=O) groups excluding carboxylic acids is 4. The molecule has 186 valence electrons. The minimum Gasteiger partial charge on any atom is -0.353 e. The second kappa shape index (κ2) is 7.35. The van der Waals surface area contributed by atoms with E-state index in [1.54, 1.807) is 60.7 Å². The molecular weight excluding hydrogens is 498 g/mol. The third-order valence-electron chi connectivity index (χ3n) is 7.10. The first-order chi connectivity index (χ1) is 19.0. The number of hydrogen-bond acceptors (Lipinski definition) is 6. The van der Waals surface area contributed by atoms with Crippen LogP contribution in [0.25, 0.3) is 21.9 Å². The Kier molecular flexibility index (Phi) is 4.01. The molecule has 0 unspecified atom stereocenters. The highest BCUT2D eigenvalue weighted by molar-refractivity contribution is 6.55. The molecule has 8 rings (SSSR count). The fourth-order valence-electron chi connectivity index (χ4n) is 5.41. The summed E-state index contributed by atoms with van der Waals surface area (Å²) in [6.45, 7) is 0. The predicted molar refractivity (Wildman–Crippen MR) is 144 cm³/mol. The smallest absolute Gasteiger partial charge is 0.288 e. The monoisotopic (exact) mass is 513 g/mol. The van der Waals surface area contributed by atoms with Gasteiger partial charge in [-0.15, -0.1) is 0 Å². The van der Waals surface area contributed by atoms with Crippen LogP contribution in [0.3, 0.4) is 0 Å². The maximum absolute atomic E-state index is 13.8. The summed E-state index contributed by atoms with van der Waals surface area (Å²) in [5.74, 6) is -2.39. The van der Waals surface area contributed by atoms with E-state index >= 15 is 0 Å². The third kappa shape index (κ3) is 2.75. The molecule has 0 fully saturated rings. The molecule has 4 aliphatic heterocycles. The minimum absolute atomic E-state index is 0.125. The number of aliphatic imine (C=N–C) groups is 2. The molecule has 0 atom stereocenters. The van der Waals surface area contributed by atoms with Crippen LogP contribution in [-0.2, 0) is 19.2 Å². The number of aromatic nitrogens is 1. The molecule has 0 bridgehead atoms. The number of carbonyl (C=O) groups is 4. The quantitative estimate of drug-likeness (QED) is 0.323. The molecule has 0 spiro atoms. The Balaban J connectivity index is 1.40. The van der Waals surface area contributed by atoms with E-state index < -0.39 is 23.6 Å². The van der Waals surface area contributed by atoms with Gasteiger partial charge in [0.05, 0.1) is 33.4 Å². The molecule has 3 N–H and O–H groups in total. The second-order valence-corrected chi connectivity index (χ2v) is 9.22. The van der Waals surface area contributed by atoms with Gasteiger partial charge in [0, 0.05) is 10.8 Å². The number of amides is 4. The lowest BCUT2D eigenvalue weighted by Gasteiger charge is -2.21. The van der Waals surface area contributed by atoms with Crippen molar-refractivity contribution < 1.29 is 19.2 Å². The molecule has 4 aromatic rings. The van der Waals surface area contributed by atoms with Gasteiger partial charge in [-0.25, -0.2) is 9.80 Å². The lowest BCUT2D eigenvalue weighted by atomic mass is 10.1. The maximum atomic E-state index is 13.8. The zero-order chi connectivity index (χ0) is 26.4. The number of aromatic amines is 1. The molecule has 11 nitrogen and oxygen atoms in total. The number of nitrogens with zero attached hydrogens (tertiary/aromatic N) is 4. The standard InChI is InChI=1S/C28H15N7O4/c36-23-19(25(38)34-17-11-5-3-9-15(17)29-27(34)32-23)21-13-7-1-2-8-14(13)22(31-21)20-24(37)33-28-30-16-10-4-6-12-18(16)35(28)26(20)39/h1-12,31H,(H,29,32,36)(H,30,33,37). The second-order valence-electron chi connectivity index (χ2n) is 9.22. The average molecular weight is 513 g/mol. The van der Waals surface area contributed by atoms with E-state index in [1.165, 1.54) is 9.80 Å². The van der Waals surface area contributed by atoms with Crippen LogP contribution in [0.15, 0.2) is 82.8 Å². The lowest BCUT2D eigenvalue weighted by molar-refractivity contribution is -0.119. The van der Waals surface area contributed by atoms with E-state index in [1.807, 2.05) is 12.1 Å². The fourth-order valence-corrected chi connectivity index (χ4v) is 5.41. The summed E-state index contributed by atoms with van der Waals surface area (Å²) in [5, 5.41) is 7.32. The molecule has 5 heterocycles. The van der Waals surface area contributed by atoms with Crippen molar-refractivity contribution >= 4 is 80.2 Å². The topological polar surface area (TPSA) is 139 Å². The number of H-pyrrole nitrogens is 1. The molecule has 0 saturated heterocycles. The zero-order valence-corrected chi connectivity index (χ0v) is 19.9. The van der Waals surface area contributed by atoms with Gasteiger partial charge >= 0.3 is 0 Å². The van der Waals surface area contributed by atoms with Gasteiger partial charge in [-0.2, -0.15) is 9.98 Å². The first-order valence-corrected chi connectivity index (χ1v) is 12.0. The van der Waals surface area contributed by atoms with Crippen LogP contribution >= 0.6 is 0 Å². The molecule has 11 heteroatoms. The first kappa shape index (κ1) is 21.3. The van der Waals surface area contributed by atoms with E-state index in [9.17, 15) is 19.2 Å². The largest absolute Gasteiger partial charge is 0.353 e. The summed E-state index contributed by atoms with van der Waals surface area (Å²) in [7, 11) is 0. The average Bonchev–Trinajstić information content (AvgIpc) is 3.60. The van der Waals surface area contributed by atoms with E-state index in [4.69, 9.17) is 0 Å². The number of nitrogens with one attached hydrogen (secondary N) is 3. The Bertz CT molecular complexity index is 1920. The molecule has 4 aliphatic rings. The van der Waals surface area contributed by atoms with Gasteiger partial charge in [0.1, 0.15) is 11.1 Å². The highest BCUT2D eigenvalue weighted by atomic mass is 16.2. The van der Waals surface area contributed by atoms with Crippen molar-refractivity contribution in [1.29, 1.82) is 0 Å². The zero-order valence-electron chi connectivity index (χ0n) is 19.9. The molecule has 0 saturated carbocycles. The van der Waals surface area contributed by atoms with Gasteiger partial charge in [0.25, 0.3) is 23.6 Å². The number of fused-ring (bicyclic) bond motifs is 7. The van der Waals surface area contributed by atoms with E-state index in [0.717, 1.165) is 0 Å². The van der Waals surface area contributed by atoms with Crippen molar-refractivity contribution in [2.75, 3.05) is 20.4 Å². The highest BCUT2D eigenvalue weighted by Crippen LogP contribution is 2.36. The maximum Gasteiger partial charge on any atom is 0.288 e. The van der Waals surface area contributed by atoms with Crippen molar-refractivity contribution in [2.24, 2.45) is 9.98 Å². The van der Waals surface area contributed by atoms with Crippen molar-refractivity contribution in [1.82, 2.24) is 4.98 Å². The molecular formula is C28H15N7O4. The Morgan fingerprint density at radius 1 is 0.538 bits per heavy atom. The lowest BCUT2D eigenvalue weighted by Crippen LogP contribution is -2.46. The van der Waals surface area contributed by atoms with Crippen LogP contribution in [-0.4, -0.2) is 40.5 Å². The molecule has 3 aromatic carbocycles. The van der Waals surface area contributed by atoms with Crippen molar-refractivity contribution in [3.8, 4) is 0 Å². The van der Waals surface area contributed by atoms with Crippen LogP contribution in [0.2, 0.25) is 0 Å². The summed E-state index contributed by atoms with van der Waals surface area (Å²) in [5.41, 5.74) is 2.03. The molecule has 39 heavy (non-hydrogen) atoms.